The molecule has 3 heterocycles. The highest BCUT2D eigenvalue weighted by molar-refractivity contribution is 5.81. The first kappa shape index (κ1) is 14.9. The molecule has 9 nitrogen and oxygen atoms in total. The first-order chi connectivity index (χ1) is 11.6. The Morgan fingerprint density at radius 2 is 2.04 bits per heavy atom. The van der Waals surface area contributed by atoms with E-state index in [0.717, 1.165) is 32.4 Å². The molecule has 2 aromatic rings. The molecule has 0 bridgehead atoms. The molecule has 0 atom stereocenters. The Hall–Kier alpha value is -2.71. The fourth-order valence-corrected chi connectivity index (χ4v) is 3.10. The Morgan fingerprint density at radius 3 is 2.79 bits per heavy atom. The van der Waals surface area contributed by atoms with E-state index in [-0.39, 0.29) is 17.6 Å². The molecule has 24 heavy (non-hydrogen) atoms. The molecule has 2 fully saturated rings. The highest BCUT2D eigenvalue weighted by Gasteiger charge is 2.34. The smallest absolute Gasteiger partial charge is 0.358 e. The molecule has 0 aromatic carbocycles. The highest BCUT2D eigenvalue weighted by atomic mass is 16.6. The van der Waals surface area contributed by atoms with Crippen LogP contribution in [0, 0.1) is 16.0 Å². The minimum Gasteiger partial charge on any atom is -0.358 e. The fraction of sp³-hybridized carbons (Fsp3) is 0.533. The van der Waals surface area contributed by atoms with Gasteiger partial charge in [0.15, 0.2) is 5.82 Å². The van der Waals surface area contributed by atoms with Gasteiger partial charge in [-0.2, -0.15) is 0 Å². The third kappa shape index (κ3) is 2.66. The number of aromatic nitrogens is 3. The van der Waals surface area contributed by atoms with E-state index in [1.807, 2.05) is 11.0 Å². The van der Waals surface area contributed by atoms with Crippen molar-refractivity contribution in [1.29, 1.82) is 0 Å². The summed E-state index contributed by atoms with van der Waals surface area (Å²) in [4.78, 5) is 30.8. The van der Waals surface area contributed by atoms with E-state index < -0.39 is 4.92 Å². The SMILES string of the molecule is O=C(C1CC1)N1CCCN(c2ccc3ncc([N+](=O)[O-])n3n2)CC1. The minimum atomic E-state index is -0.491. The second-order valence-corrected chi connectivity index (χ2v) is 6.28. The van der Waals surface area contributed by atoms with E-state index in [0.29, 0.717) is 24.6 Å². The summed E-state index contributed by atoms with van der Waals surface area (Å²) in [6.07, 6.45) is 4.11. The lowest BCUT2D eigenvalue weighted by Gasteiger charge is -2.22. The standard InChI is InChI=1S/C15H18N6O3/c22-15(11-2-3-11)19-7-1-6-18(8-9-19)13-5-4-12-16-10-14(21(23)24)20(12)17-13/h4-5,10-11H,1-3,6-9H2. The number of nitrogens with zero attached hydrogens (tertiary/aromatic N) is 6. The van der Waals surface area contributed by atoms with Crippen molar-refractivity contribution in [3.05, 3.63) is 28.4 Å². The summed E-state index contributed by atoms with van der Waals surface area (Å²) in [7, 11) is 0. The topological polar surface area (TPSA) is 96.9 Å². The normalized spacial score (nSPS) is 18.7. The molecule has 1 saturated carbocycles. The lowest BCUT2D eigenvalue weighted by atomic mass is 10.3. The molecule has 1 amide bonds. The molecule has 1 aliphatic carbocycles. The van der Waals surface area contributed by atoms with Gasteiger partial charge in [0.2, 0.25) is 11.6 Å². The molecule has 9 heteroatoms. The Bertz CT molecular complexity index is 800. The second-order valence-electron chi connectivity index (χ2n) is 6.28. The van der Waals surface area contributed by atoms with Crippen LogP contribution >= 0.6 is 0 Å². The molecule has 1 aliphatic heterocycles. The van der Waals surface area contributed by atoms with E-state index in [1.54, 1.807) is 6.07 Å². The molecule has 0 unspecified atom stereocenters. The zero-order valence-corrected chi connectivity index (χ0v) is 13.2. The maximum atomic E-state index is 12.2. The van der Waals surface area contributed by atoms with Crippen molar-refractivity contribution in [1.82, 2.24) is 19.5 Å². The number of carbonyl (C=O) groups is 1. The number of hydrogen-bond acceptors (Lipinski definition) is 6. The lowest BCUT2D eigenvalue weighted by Crippen LogP contribution is -2.36. The maximum absolute atomic E-state index is 12.2. The number of anilines is 1. The molecule has 1 saturated heterocycles. The van der Waals surface area contributed by atoms with Crippen molar-refractivity contribution >= 4 is 23.2 Å². The van der Waals surface area contributed by atoms with Crippen LogP contribution in [0.4, 0.5) is 11.6 Å². The van der Waals surface area contributed by atoms with Gasteiger partial charge in [0.25, 0.3) is 0 Å². The Kier molecular flexibility index (Phi) is 3.55. The molecule has 0 N–H and O–H groups in total. The van der Waals surface area contributed by atoms with Crippen LogP contribution in [0.3, 0.4) is 0 Å². The zero-order chi connectivity index (χ0) is 16.7. The van der Waals surface area contributed by atoms with Gasteiger partial charge < -0.3 is 19.9 Å². The first-order valence-corrected chi connectivity index (χ1v) is 8.16. The van der Waals surface area contributed by atoms with E-state index in [4.69, 9.17) is 0 Å². The van der Waals surface area contributed by atoms with E-state index >= 15 is 0 Å². The summed E-state index contributed by atoms with van der Waals surface area (Å²) >= 11 is 0. The predicted molar refractivity (Wildman–Crippen MR) is 85.8 cm³/mol. The van der Waals surface area contributed by atoms with E-state index in [9.17, 15) is 14.9 Å². The summed E-state index contributed by atoms with van der Waals surface area (Å²) in [6, 6.07) is 3.55. The van der Waals surface area contributed by atoms with Crippen molar-refractivity contribution < 1.29 is 9.72 Å². The Morgan fingerprint density at radius 1 is 1.21 bits per heavy atom. The maximum Gasteiger partial charge on any atom is 0.368 e. The van der Waals surface area contributed by atoms with Gasteiger partial charge in [-0.1, -0.05) is 9.61 Å². The number of rotatable bonds is 3. The molecule has 2 aromatic heterocycles. The summed E-state index contributed by atoms with van der Waals surface area (Å²) in [5, 5.41) is 15.4. The largest absolute Gasteiger partial charge is 0.368 e. The quantitative estimate of drug-likeness (QED) is 0.617. The Balaban J connectivity index is 1.54. The predicted octanol–water partition coefficient (Wildman–Crippen LogP) is 1.09. The third-order valence-corrected chi connectivity index (χ3v) is 4.58. The number of amides is 1. The van der Waals surface area contributed by atoms with Gasteiger partial charge in [-0.3, -0.25) is 4.79 Å². The van der Waals surface area contributed by atoms with Crippen LogP contribution in [-0.4, -0.2) is 56.5 Å². The molecule has 2 aliphatic rings. The molecule has 0 spiro atoms. The van der Waals surface area contributed by atoms with Crippen LogP contribution in [0.5, 0.6) is 0 Å². The molecule has 126 valence electrons. The summed E-state index contributed by atoms with van der Waals surface area (Å²) in [5.41, 5.74) is 0.450. The van der Waals surface area contributed by atoms with Gasteiger partial charge in [-0.15, -0.1) is 0 Å². The van der Waals surface area contributed by atoms with Gasteiger partial charge in [0, 0.05) is 38.2 Å². The minimum absolute atomic E-state index is 0.146. The molecule has 4 rings (SSSR count). The third-order valence-electron chi connectivity index (χ3n) is 4.58. The van der Waals surface area contributed by atoms with E-state index in [1.165, 1.54) is 10.7 Å². The van der Waals surface area contributed by atoms with Crippen molar-refractivity contribution in [2.45, 2.75) is 19.3 Å². The lowest BCUT2D eigenvalue weighted by molar-refractivity contribution is -0.391. The van der Waals surface area contributed by atoms with Gasteiger partial charge in [0.05, 0.1) is 0 Å². The summed E-state index contributed by atoms with van der Waals surface area (Å²) in [5.74, 6) is 1.03. The van der Waals surface area contributed by atoms with Crippen molar-refractivity contribution in [2.75, 3.05) is 31.1 Å². The number of fused-ring (bicyclic) bond motifs is 1. The van der Waals surface area contributed by atoms with Crippen molar-refractivity contribution in [3.63, 3.8) is 0 Å². The van der Waals surface area contributed by atoms with Gasteiger partial charge >= 0.3 is 5.82 Å². The van der Waals surface area contributed by atoms with Crippen LogP contribution in [0.2, 0.25) is 0 Å². The van der Waals surface area contributed by atoms with Crippen LogP contribution < -0.4 is 4.90 Å². The second kappa shape index (κ2) is 5.73. The van der Waals surface area contributed by atoms with Crippen LogP contribution in [0.15, 0.2) is 18.3 Å². The summed E-state index contributed by atoms with van der Waals surface area (Å²) < 4.78 is 1.26. The zero-order valence-electron chi connectivity index (χ0n) is 13.2. The first-order valence-electron chi connectivity index (χ1n) is 8.16. The average molecular weight is 330 g/mol. The Labute approximate surface area is 138 Å². The van der Waals surface area contributed by atoms with Crippen LogP contribution in [-0.2, 0) is 4.79 Å². The monoisotopic (exact) mass is 330 g/mol. The number of nitro groups is 1. The van der Waals surface area contributed by atoms with Crippen molar-refractivity contribution in [3.8, 4) is 0 Å². The highest BCUT2D eigenvalue weighted by Crippen LogP contribution is 2.31. The van der Waals surface area contributed by atoms with Gasteiger partial charge in [-0.25, -0.2) is 4.98 Å². The van der Waals surface area contributed by atoms with Gasteiger partial charge in [-0.05, 0) is 30.3 Å². The van der Waals surface area contributed by atoms with Crippen LogP contribution in [0.25, 0.3) is 5.65 Å². The van der Waals surface area contributed by atoms with Gasteiger partial charge in [0.1, 0.15) is 6.20 Å². The van der Waals surface area contributed by atoms with E-state index in [2.05, 4.69) is 15.0 Å². The number of imidazole rings is 1. The molecular formula is C15H18N6O3. The molecule has 0 radical (unpaired) electrons. The van der Waals surface area contributed by atoms with Crippen LogP contribution in [0.1, 0.15) is 19.3 Å². The number of carbonyl (C=O) groups excluding carboxylic acids is 1. The average Bonchev–Trinajstić information content (AvgIpc) is 3.37. The summed E-state index contributed by atoms with van der Waals surface area (Å²) in [6.45, 7) is 2.88. The molecular weight excluding hydrogens is 312 g/mol. The van der Waals surface area contributed by atoms with Crippen molar-refractivity contribution in [2.24, 2.45) is 5.92 Å². The number of hydrogen-bond donors (Lipinski definition) is 0. The fourth-order valence-electron chi connectivity index (χ4n) is 3.10.